The monoisotopic (exact) mass is 250 g/mol. The van der Waals surface area contributed by atoms with Gasteiger partial charge in [0.15, 0.2) is 0 Å². The molecule has 3 N–H and O–H groups in total. The zero-order valence-electron chi connectivity index (χ0n) is 11.6. The third-order valence-electron chi connectivity index (χ3n) is 3.11. The Morgan fingerprint density at radius 1 is 1.11 bits per heavy atom. The van der Waals surface area contributed by atoms with Crippen molar-refractivity contribution in [3.8, 4) is 0 Å². The van der Waals surface area contributed by atoms with Gasteiger partial charge in [0, 0.05) is 13.1 Å². The predicted octanol–water partition coefficient (Wildman–Crippen LogP) is 2.30. The van der Waals surface area contributed by atoms with Crippen LogP contribution in [0.15, 0.2) is 24.3 Å². The van der Waals surface area contributed by atoms with Crippen LogP contribution in [-0.4, -0.2) is 29.6 Å². The molecule has 0 fully saturated rings. The molecule has 0 amide bonds. The largest absolute Gasteiger partial charge is 0.387 e. The van der Waals surface area contributed by atoms with E-state index in [-0.39, 0.29) is 0 Å². The second-order valence-corrected chi connectivity index (χ2v) is 4.76. The van der Waals surface area contributed by atoms with Crippen LogP contribution >= 0.6 is 0 Å². The van der Waals surface area contributed by atoms with Gasteiger partial charge in [0.25, 0.3) is 0 Å². The van der Waals surface area contributed by atoms with Gasteiger partial charge in [0.2, 0.25) is 0 Å². The molecule has 1 aromatic rings. The number of benzene rings is 1. The Morgan fingerprint density at radius 3 is 2.11 bits per heavy atom. The maximum atomic E-state index is 10.2. The molecule has 0 spiro atoms. The Morgan fingerprint density at radius 2 is 1.67 bits per heavy atom. The standard InChI is InChI=1S/C15H26N2O/c1-3-9-17(10-4-2)12-15(18)14-7-5-13(11-16)6-8-14/h5-8,15,18H,3-4,9-12,16H2,1-2H3. The summed E-state index contributed by atoms with van der Waals surface area (Å²) in [5.41, 5.74) is 7.64. The van der Waals surface area contributed by atoms with Crippen LogP contribution in [0.5, 0.6) is 0 Å². The molecule has 0 aliphatic rings. The number of aliphatic hydroxyl groups is 1. The molecule has 1 rings (SSSR count). The maximum absolute atomic E-state index is 10.2. The van der Waals surface area contributed by atoms with Crippen molar-refractivity contribution < 1.29 is 5.11 Å². The van der Waals surface area contributed by atoms with Crippen molar-refractivity contribution in [2.24, 2.45) is 5.73 Å². The lowest BCUT2D eigenvalue weighted by atomic mass is 10.1. The first-order valence-electron chi connectivity index (χ1n) is 6.90. The van der Waals surface area contributed by atoms with Crippen molar-refractivity contribution >= 4 is 0 Å². The minimum atomic E-state index is -0.407. The number of rotatable bonds is 8. The molecule has 1 atom stereocenters. The second kappa shape index (κ2) is 8.25. The number of nitrogens with two attached hydrogens (primary N) is 1. The Hall–Kier alpha value is -0.900. The van der Waals surface area contributed by atoms with E-state index in [0.717, 1.165) is 37.1 Å². The van der Waals surface area contributed by atoms with E-state index in [1.807, 2.05) is 24.3 Å². The molecule has 0 bridgehead atoms. The molecular formula is C15H26N2O. The highest BCUT2D eigenvalue weighted by atomic mass is 16.3. The summed E-state index contributed by atoms with van der Waals surface area (Å²) in [6, 6.07) is 7.93. The van der Waals surface area contributed by atoms with Gasteiger partial charge in [-0.15, -0.1) is 0 Å². The van der Waals surface area contributed by atoms with Crippen LogP contribution in [0.25, 0.3) is 0 Å². The lowest BCUT2D eigenvalue weighted by Gasteiger charge is -2.24. The van der Waals surface area contributed by atoms with Gasteiger partial charge >= 0.3 is 0 Å². The van der Waals surface area contributed by atoms with Crippen molar-refractivity contribution in [2.45, 2.75) is 39.3 Å². The van der Waals surface area contributed by atoms with Crippen molar-refractivity contribution in [1.82, 2.24) is 4.90 Å². The summed E-state index contributed by atoms with van der Waals surface area (Å²) in [5.74, 6) is 0. The summed E-state index contributed by atoms with van der Waals surface area (Å²) >= 11 is 0. The fourth-order valence-corrected chi connectivity index (χ4v) is 2.15. The fourth-order valence-electron chi connectivity index (χ4n) is 2.15. The van der Waals surface area contributed by atoms with Crippen LogP contribution in [0.1, 0.15) is 43.9 Å². The normalized spacial score (nSPS) is 12.9. The van der Waals surface area contributed by atoms with Gasteiger partial charge in [0.05, 0.1) is 6.10 Å². The van der Waals surface area contributed by atoms with E-state index < -0.39 is 6.10 Å². The Labute approximate surface area is 111 Å². The van der Waals surface area contributed by atoms with Crippen molar-refractivity contribution in [3.63, 3.8) is 0 Å². The van der Waals surface area contributed by atoms with Gasteiger partial charge in [-0.25, -0.2) is 0 Å². The topological polar surface area (TPSA) is 49.5 Å². The summed E-state index contributed by atoms with van der Waals surface area (Å²) in [7, 11) is 0. The first kappa shape index (κ1) is 15.2. The molecule has 1 aromatic carbocycles. The number of hydrogen-bond donors (Lipinski definition) is 2. The van der Waals surface area contributed by atoms with E-state index in [2.05, 4.69) is 18.7 Å². The van der Waals surface area contributed by atoms with Gasteiger partial charge in [-0.05, 0) is 37.1 Å². The number of nitrogens with zero attached hydrogens (tertiary/aromatic N) is 1. The van der Waals surface area contributed by atoms with E-state index in [9.17, 15) is 5.11 Å². The van der Waals surface area contributed by atoms with E-state index >= 15 is 0 Å². The Kier molecular flexibility index (Phi) is 6.94. The summed E-state index contributed by atoms with van der Waals surface area (Å²) < 4.78 is 0. The highest BCUT2D eigenvalue weighted by molar-refractivity contribution is 5.24. The molecule has 3 heteroatoms. The smallest absolute Gasteiger partial charge is 0.0916 e. The molecule has 3 nitrogen and oxygen atoms in total. The van der Waals surface area contributed by atoms with Crippen LogP contribution in [0.4, 0.5) is 0 Å². The molecular weight excluding hydrogens is 224 g/mol. The molecule has 0 aromatic heterocycles. The van der Waals surface area contributed by atoms with Gasteiger partial charge in [-0.1, -0.05) is 38.1 Å². The van der Waals surface area contributed by atoms with E-state index in [4.69, 9.17) is 5.73 Å². The van der Waals surface area contributed by atoms with Gasteiger partial charge < -0.3 is 15.7 Å². The van der Waals surface area contributed by atoms with E-state index in [0.29, 0.717) is 13.1 Å². The molecule has 0 saturated heterocycles. The van der Waals surface area contributed by atoms with Crippen LogP contribution in [0.3, 0.4) is 0 Å². The summed E-state index contributed by atoms with van der Waals surface area (Å²) in [6.07, 6.45) is 1.84. The quantitative estimate of drug-likeness (QED) is 0.744. The second-order valence-electron chi connectivity index (χ2n) is 4.76. The average molecular weight is 250 g/mol. The third kappa shape index (κ3) is 4.77. The van der Waals surface area contributed by atoms with Gasteiger partial charge in [-0.2, -0.15) is 0 Å². The number of aliphatic hydroxyl groups excluding tert-OH is 1. The maximum Gasteiger partial charge on any atom is 0.0916 e. The Balaban J connectivity index is 2.58. The molecule has 0 saturated carbocycles. The minimum absolute atomic E-state index is 0.407. The lowest BCUT2D eigenvalue weighted by molar-refractivity contribution is 0.113. The first-order valence-corrected chi connectivity index (χ1v) is 6.90. The van der Waals surface area contributed by atoms with E-state index in [1.165, 1.54) is 0 Å². The Bertz CT molecular complexity index is 318. The van der Waals surface area contributed by atoms with Crippen molar-refractivity contribution in [3.05, 3.63) is 35.4 Å². The average Bonchev–Trinajstić information content (AvgIpc) is 2.39. The molecule has 102 valence electrons. The molecule has 0 aliphatic heterocycles. The zero-order chi connectivity index (χ0) is 13.4. The summed E-state index contributed by atoms with van der Waals surface area (Å²) in [6.45, 7) is 7.70. The fraction of sp³-hybridized carbons (Fsp3) is 0.600. The minimum Gasteiger partial charge on any atom is -0.387 e. The lowest BCUT2D eigenvalue weighted by Crippen LogP contribution is -2.30. The zero-order valence-corrected chi connectivity index (χ0v) is 11.6. The van der Waals surface area contributed by atoms with Gasteiger partial charge in [-0.3, -0.25) is 0 Å². The number of hydrogen-bond acceptors (Lipinski definition) is 3. The van der Waals surface area contributed by atoms with Crippen molar-refractivity contribution in [2.75, 3.05) is 19.6 Å². The highest BCUT2D eigenvalue weighted by Crippen LogP contribution is 2.15. The van der Waals surface area contributed by atoms with Crippen molar-refractivity contribution in [1.29, 1.82) is 0 Å². The molecule has 18 heavy (non-hydrogen) atoms. The summed E-state index contributed by atoms with van der Waals surface area (Å²) in [4.78, 5) is 2.32. The molecule has 0 aliphatic carbocycles. The van der Waals surface area contributed by atoms with E-state index in [1.54, 1.807) is 0 Å². The highest BCUT2D eigenvalue weighted by Gasteiger charge is 2.12. The van der Waals surface area contributed by atoms with Crippen LogP contribution in [0, 0.1) is 0 Å². The summed E-state index contributed by atoms with van der Waals surface area (Å²) in [5, 5.41) is 10.2. The van der Waals surface area contributed by atoms with Gasteiger partial charge in [0.1, 0.15) is 0 Å². The predicted molar refractivity (Wildman–Crippen MR) is 76.3 cm³/mol. The third-order valence-corrected chi connectivity index (χ3v) is 3.11. The molecule has 0 heterocycles. The van der Waals surface area contributed by atoms with Crippen LogP contribution in [0.2, 0.25) is 0 Å². The van der Waals surface area contributed by atoms with Crippen LogP contribution < -0.4 is 5.73 Å². The molecule has 0 radical (unpaired) electrons. The SMILES string of the molecule is CCCN(CCC)CC(O)c1ccc(CN)cc1. The molecule has 1 unspecified atom stereocenters. The first-order chi connectivity index (χ1) is 8.71. The van der Waals surface area contributed by atoms with Crippen LogP contribution in [-0.2, 0) is 6.54 Å².